The van der Waals surface area contributed by atoms with E-state index in [1.54, 1.807) is 36.4 Å². The number of nitrogens with zero attached hydrogens (tertiary/aromatic N) is 1. The zero-order valence-corrected chi connectivity index (χ0v) is 20.3. The molecule has 1 aliphatic carbocycles. The number of ether oxygens (including phenoxy) is 1. The van der Waals surface area contributed by atoms with Gasteiger partial charge in [-0.1, -0.05) is 22.0 Å². The van der Waals surface area contributed by atoms with Crippen LogP contribution in [-0.4, -0.2) is 41.1 Å². The van der Waals surface area contributed by atoms with E-state index < -0.39 is 30.3 Å². The monoisotopic (exact) mass is 552 g/mol. The van der Waals surface area contributed by atoms with Crippen LogP contribution in [0, 0.1) is 11.8 Å². The summed E-state index contributed by atoms with van der Waals surface area (Å²) in [6.45, 7) is -0.487. The molecule has 2 aromatic carbocycles. The number of benzene rings is 2. The molecule has 1 N–H and O–H groups in total. The van der Waals surface area contributed by atoms with E-state index in [1.807, 2.05) is 0 Å². The number of hydrogen-bond acceptors (Lipinski definition) is 5. The molecule has 7 nitrogen and oxygen atoms in total. The van der Waals surface area contributed by atoms with Crippen LogP contribution in [-0.2, 0) is 19.1 Å². The first-order valence-electron chi connectivity index (χ1n) is 10.2. The molecule has 4 atom stereocenters. The van der Waals surface area contributed by atoms with Crippen LogP contribution in [0.4, 0.5) is 11.4 Å². The molecule has 2 aliphatic rings. The summed E-state index contributed by atoms with van der Waals surface area (Å²) in [5.41, 5.74) is 0.947. The maximum Gasteiger partial charge on any atom is 0.338 e. The fourth-order valence-corrected chi connectivity index (χ4v) is 4.92. The Balaban J connectivity index is 1.41. The molecule has 1 saturated heterocycles. The number of halogens is 3. The molecule has 3 amide bonds. The van der Waals surface area contributed by atoms with Crippen LogP contribution < -0.4 is 10.2 Å². The lowest BCUT2D eigenvalue weighted by Crippen LogP contribution is -2.34. The third-order valence-corrected chi connectivity index (χ3v) is 7.34. The Bertz CT molecular complexity index is 1080. The van der Waals surface area contributed by atoms with Crippen LogP contribution in [0.25, 0.3) is 0 Å². The minimum Gasteiger partial charge on any atom is -0.452 e. The lowest BCUT2D eigenvalue weighted by molar-refractivity contribution is -0.122. The number of rotatable bonds is 5. The van der Waals surface area contributed by atoms with Gasteiger partial charge in [-0.25, -0.2) is 4.79 Å². The van der Waals surface area contributed by atoms with Crippen molar-refractivity contribution >= 4 is 74.2 Å². The number of esters is 1. The first-order valence-corrected chi connectivity index (χ1v) is 11.9. The third kappa shape index (κ3) is 5.08. The molecule has 0 spiro atoms. The zero-order valence-electron chi connectivity index (χ0n) is 17.2. The van der Waals surface area contributed by atoms with Gasteiger partial charge in [-0.2, -0.15) is 0 Å². The van der Waals surface area contributed by atoms with Gasteiger partial charge in [0.15, 0.2) is 6.61 Å². The second-order valence-corrected chi connectivity index (χ2v) is 9.95. The highest BCUT2D eigenvalue weighted by Crippen LogP contribution is 2.43. The SMILES string of the molecule is O=C(COC(=O)c1cccc(N2C(=O)[C@H]3C[C@H](Cl)[C@@H](Cl)C[C@H]3C2=O)c1)Nc1ccc(Br)cc1. The van der Waals surface area contributed by atoms with E-state index in [4.69, 9.17) is 27.9 Å². The number of fused-ring (bicyclic) bond motifs is 1. The standard InChI is InChI=1S/C23H19BrCl2N2O5/c24-13-4-6-14(7-5-13)27-20(29)11-33-23(32)12-2-1-3-15(8-12)28-21(30)16-9-18(25)19(26)10-17(16)22(28)31/h1-8,16-19H,9-11H2,(H,27,29)/t16-,17+,18-,19-/m0/s1. The van der Waals surface area contributed by atoms with Gasteiger partial charge < -0.3 is 10.1 Å². The summed E-state index contributed by atoms with van der Waals surface area (Å²) in [6.07, 6.45) is 0.660. The van der Waals surface area contributed by atoms with Crippen LogP contribution in [0.15, 0.2) is 53.0 Å². The molecule has 1 aliphatic heterocycles. The van der Waals surface area contributed by atoms with Crippen LogP contribution >= 0.6 is 39.1 Å². The molecule has 1 heterocycles. The predicted molar refractivity (Wildman–Crippen MR) is 127 cm³/mol. The number of alkyl halides is 2. The summed E-state index contributed by atoms with van der Waals surface area (Å²) in [5, 5.41) is 1.86. The van der Waals surface area contributed by atoms with Crippen molar-refractivity contribution in [2.24, 2.45) is 11.8 Å². The molecule has 0 aromatic heterocycles. The normalized spacial score (nSPS) is 24.4. The highest BCUT2D eigenvalue weighted by Gasteiger charge is 2.52. The summed E-state index contributed by atoms with van der Waals surface area (Å²) in [4.78, 5) is 51.5. The van der Waals surface area contributed by atoms with Crippen molar-refractivity contribution in [2.45, 2.75) is 23.6 Å². The van der Waals surface area contributed by atoms with Gasteiger partial charge >= 0.3 is 5.97 Å². The number of amides is 3. The molecule has 33 heavy (non-hydrogen) atoms. The number of carbonyl (C=O) groups excluding carboxylic acids is 4. The van der Waals surface area contributed by atoms with E-state index in [0.29, 0.717) is 18.5 Å². The molecule has 0 radical (unpaired) electrons. The highest BCUT2D eigenvalue weighted by atomic mass is 79.9. The molecule has 0 bridgehead atoms. The Morgan fingerprint density at radius 1 is 1.00 bits per heavy atom. The zero-order chi connectivity index (χ0) is 23.7. The minimum atomic E-state index is -0.749. The van der Waals surface area contributed by atoms with E-state index in [-0.39, 0.29) is 33.8 Å². The second-order valence-electron chi connectivity index (χ2n) is 7.91. The Labute approximate surface area is 208 Å². The van der Waals surface area contributed by atoms with Crippen molar-refractivity contribution in [3.05, 3.63) is 58.6 Å². The van der Waals surface area contributed by atoms with Crippen molar-refractivity contribution in [1.29, 1.82) is 0 Å². The molecular formula is C23H19BrCl2N2O5. The summed E-state index contributed by atoms with van der Waals surface area (Å²) < 4.78 is 5.96. The maximum atomic E-state index is 12.9. The average molecular weight is 554 g/mol. The minimum absolute atomic E-state index is 0.116. The van der Waals surface area contributed by atoms with E-state index in [0.717, 1.165) is 9.37 Å². The number of anilines is 2. The number of carbonyl (C=O) groups is 4. The first-order chi connectivity index (χ1) is 15.7. The molecule has 2 aromatic rings. The summed E-state index contributed by atoms with van der Waals surface area (Å²) in [5.74, 6) is -2.99. The van der Waals surface area contributed by atoms with Gasteiger partial charge in [0.1, 0.15) is 0 Å². The molecule has 172 valence electrons. The highest BCUT2D eigenvalue weighted by molar-refractivity contribution is 9.10. The fraction of sp³-hybridized carbons (Fsp3) is 0.304. The largest absolute Gasteiger partial charge is 0.452 e. The third-order valence-electron chi connectivity index (χ3n) is 5.71. The summed E-state index contributed by atoms with van der Waals surface area (Å²) >= 11 is 15.7. The lowest BCUT2D eigenvalue weighted by atomic mass is 9.80. The second kappa shape index (κ2) is 9.83. The number of hydrogen-bond donors (Lipinski definition) is 1. The summed E-state index contributed by atoms with van der Waals surface area (Å²) in [7, 11) is 0. The van der Waals surface area contributed by atoms with Gasteiger partial charge in [0.2, 0.25) is 11.8 Å². The van der Waals surface area contributed by atoms with Crippen LogP contribution in [0.3, 0.4) is 0 Å². The van der Waals surface area contributed by atoms with Crippen molar-refractivity contribution in [3.8, 4) is 0 Å². The van der Waals surface area contributed by atoms with Gasteiger partial charge in [-0.05, 0) is 55.3 Å². The van der Waals surface area contributed by atoms with Crippen LogP contribution in [0.5, 0.6) is 0 Å². The Morgan fingerprint density at radius 3 is 2.21 bits per heavy atom. The smallest absolute Gasteiger partial charge is 0.338 e. The van der Waals surface area contributed by atoms with Crippen molar-refractivity contribution in [2.75, 3.05) is 16.8 Å². The Kier molecular flexibility index (Phi) is 7.07. The van der Waals surface area contributed by atoms with Crippen LogP contribution in [0.1, 0.15) is 23.2 Å². The van der Waals surface area contributed by atoms with Gasteiger partial charge in [0, 0.05) is 10.2 Å². The van der Waals surface area contributed by atoms with Gasteiger partial charge in [0.25, 0.3) is 5.91 Å². The van der Waals surface area contributed by atoms with Gasteiger partial charge in [-0.3, -0.25) is 19.3 Å². The van der Waals surface area contributed by atoms with E-state index >= 15 is 0 Å². The molecular weight excluding hydrogens is 535 g/mol. The Morgan fingerprint density at radius 2 is 1.61 bits per heavy atom. The van der Waals surface area contributed by atoms with Crippen molar-refractivity contribution in [3.63, 3.8) is 0 Å². The maximum absolute atomic E-state index is 12.9. The van der Waals surface area contributed by atoms with Gasteiger partial charge in [-0.15, -0.1) is 23.2 Å². The number of nitrogens with one attached hydrogen (secondary N) is 1. The molecule has 10 heteroatoms. The molecule has 0 unspecified atom stereocenters. The van der Waals surface area contributed by atoms with Crippen molar-refractivity contribution in [1.82, 2.24) is 0 Å². The quantitative estimate of drug-likeness (QED) is 0.337. The molecule has 4 rings (SSSR count). The molecule has 1 saturated carbocycles. The summed E-state index contributed by atoms with van der Waals surface area (Å²) in [6, 6.07) is 12.9. The first kappa shape index (κ1) is 23.7. The van der Waals surface area contributed by atoms with E-state index in [2.05, 4.69) is 21.2 Å². The average Bonchev–Trinajstić information content (AvgIpc) is 3.03. The van der Waals surface area contributed by atoms with Crippen molar-refractivity contribution < 1.29 is 23.9 Å². The topological polar surface area (TPSA) is 92.8 Å². The lowest BCUT2D eigenvalue weighted by Gasteiger charge is -2.28. The van der Waals surface area contributed by atoms with E-state index in [9.17, 15) is 19.2 Å². The number of imide groups is 1. The molecule has 2 fully saturated rings. The van der Waals surface area contributed by atoms with Gasteiger partial charge in [0.05, 0.1) is 33.8 Å². The van der Waals surface area contributed by atoms with E-state index in [1.165, 1.54) is 12.1 Å². The fourth-order valence-electron chi connectivity index (χ4n) is 4.07. The predicted octanol–water partition coefficient (Wildman–Crippen LogP) is 4.36. The van der Waals surface area contributed by atoms with Crippen LogP contribution in [0.2, 0.25) is 0 Å². The Hall–Kier alpha value is -2.42.